The van der Waals surface area contributed by atoms with E-state index in [1.165, 1.54) is 0 Å². The monoisotopic (exact) mass is 281 g/mol. The fourth-order valence-corrected chi connectivity index (χ4v) is 1.78. The van der Waals surface area contributed by atoms with Crippen LogP contribution in [-0.2, 0) is 6.61 Å². The van der Waals surface area contributed by atoms with Gasteiger partial charge in [0.25, 0.3) is 5.89 Å². The first-order valence-corrected chi connectivity index (χ1v) is 6.51. The van der Waals surface area contributed by atoms with Crippen molar-refractivity contribution in [3.63, 3.8) is 0 Å². The van der Waals surface area contributed by atoms with Crippen molar-refractivity contribution in [3.05, 3.63) is 41.1 Å². The molecule has 1 atom stereocenters. The zero-order chi connectivity index (χ0) is 13.7. The molecule has 2 aromatic rings. The Morgan fingerprint density at radius 3 is 3.00 bits per heavy atom. The summed E-state index contributed by atoms with van der Waals surface area (Å²) < 4.78 is 11.0. The van der Waals surface area contributed by atoms with Crippen LogP contribution in [0.5, 0.6) is 5.75 Å². The van der Waals surface area contributed by atoms with E-state index in [0.717, 1.165) is 6.54 Å². The Kier molecular flexibility index (Phi) is 4.76. The first-order valence-electron chi connectivity index (χ1n) is 6.13. The predicted octanol–water partition coefficient (Wildman–Crippen LogP) is 2.97. The van der Waals surface area contributed by atoms with E-state index in [1.54, 1.807) is 12.1 Å². The quantitative estimate of drug-likeness (QED) is 0.882. The van der Waals surface area contributed by atoms with Crippen LogP contribution in [0.1, 0.15) is 31.7 Å². The van der Waals surface area contributed by atoms with E-state index in [0.29, 0.717) is 22.6 Å². The minimum Gasteiger partial charge on any atom is -0.484 e. The van der Waals surface area contributed by atoms with E-state index < -0.39 is 0 Å². The standard InChI is InChI=1S/C13H16ClN3O2/c1-3-15-9(2)13-17-16-12(19-13)8-18-11-6-4-5-10(14)7-11/h4-7,9,15H,3,8H2,1-2H3. The zero-order valence-electron chi connectivity index (χ0n) is 10.9. The molecule has 5 nitrogen and oxygen atoms in total. The van der Waals surface area contributed by atoms with E-state index in [2.05, 4.69) is 15.5 Å². The van der Waals surface area contributed by atoms with Crippen molar-refractivity contribution in [1.29, 1.82) is 0 Å². The second-order valence-electron chi connectivity index (χ2n) is 4.06. The summed E-state index contributed by atoms with van der Waals surface area (Å²) in [5.41, 5.74) is 0. The lowest BCUT2D eigenvalue weighted by atomic mass is 10.3. The molecule has 1 aromatic heterocycles. The number of nitrogens with one attached hydrogen (secondary N) is 1. The topological polar surface area (TPSA) is 60.2 Å². The van der Waals surface area contributed by atoms with Gasteiger partial charge in [0.15, 0.2) is 6.61 Å². The third-order valence-electron chi connectivity index (χ3n) is 2.52. The fraction of sp³-hybridized carbons (Fsp3) is 0.385. The maximum atomic E-state index is 5.87. The van der Waals surface area contributed by atoms with Crippen LogP contribution in [0.3, 0.4) is 0 Å². The molecule has 0 aliphatic rings. The molecule has 1 heterocycles. The lowest BCUT2D eigenvalue weighted by Gasteiger charge is -2.06. The van der Waals surface area contributed by atoms with Crippen molar-refractivity contribution in [2.75, 3.05) is 6.54 Å². The van der Waals surface area contributed by atoms with Crippen molar-refractivity contribution in [1.82, 2.24) is 15.5 Å². The van der Waals surface area contributed by atoms with Crippen LogP contribution in [0.2, 0.25) is 5.02 Å². The summed E-state index contributed by atoms with van der Waals surface area (Å²) in [6.45, 7) is 5.07. The third-order valence-corrected chi connectivity index (χ3v) is 2.76. The fourth-order valence-electron chi connectivity index (χ4n) is 1.60. The minimum absolute atomic E-state index is 0.0393. The SMILES string of the molecule is CCNC(C)c1nnc(COc2cccc(Cl)c2)o1. The molecule has 0 aliphatic heterocycles. The summed E-state index contributed by atoms with van der Waals surface area (Å²) in [5, 5.41) is 11.8. The Labute approximate surface area is 116 Å². The molecule has 1 unspecified atom stereocenters. The Morgan fingerprint density at radius 2 is 2.26 bits per heavy atom. The summed E-state index contributed by atoms with van der Waals surface area (Å²) in [6.07, 6.45) is 0. The molecular formula is C13H16ClN3O2. The van der Waals surface area contributed by atoms with Crippen molar-refractivity contribution >= 4 is 11.6 Å². The van der Waals surface area contributed by atoms with Crippen LogP contribution in [0.4, 0.5) is 0 Å². The smallest absolute Gasteiger partial charge is 0.253 e. The number of hydrogen-bond acceptors (Lipinski definition) is 5. The maximum Gasteiger partial charge on any atom is 0.253 e. The number of ether oxygens (including phenoxy) is 1. The van der Waals surface area contributed by atoms with Crippen LogP contribution in [-0.4, -0.2) is 16.7 Å². The van der Waals surface area contributed by atoms with Crippen LogP contribution < -0.4 is 10.1 Å². The highest BCUT2D eigenvalue weighted by Gasteiger charge is 2.12. The Bertz CT molecular complexity index is 530. The van der Waals surface area contributed by atoms with Crippen molar-refractivity contribution in [2.45, 2.75) is 26.5 Å². The number of nitrogens with zero attached hydrogens (tertiary/aromatic N) is 2. The first kappa shape index (κ1) is 13.8. The maximum absolute atomic E-state index is 5.87. The lowest BCUT2D eigenvalue weighted by Crippen LogP contribution is -2.17. The number of halogens is 1. The van der Waals surface area contributed by atoms with Crippen molar-refractivity contribution in [2.24, 2.45) is 0 Å². The van der Waals surface area contributed by atoms with Gasteiger partial charge in [0.2, 0.25) is 5.89 Å². The molecule has 2 rings (SSSR count). The van der Waals surface area contributed by atoms with Gasteiger partial charge in [0.1, 0.15) is 5.75 Å². The van der Waals surface area contributed by atoms with Gasteiger partial charge in [-0.3, -0.25) is 0 Å². The number of hydrogen-bond donors (Lipinski definition) is 1. The van der Waals surface area contributed by atoms with Gasteiger partial charge in [-0.05, 0) is 31.7 Å². The van der Waals surface area contributed by atoms with Gasteiger partial charge in [-0.1, -0.05) is 24.6 Å². The summed E-state index contributed by atoms with van der Waals surface area (Å²) in [4.78, 5) is 0. The highest BCUT2D eigenvalue weighted by molar-refractivity contribution is 6.30. The van der Waals surface area contributed by atoms with E-state index in [9.17, 15) is 0 Å². The van der Waals surface area contributed by atoms with Crippen LogP contribution in [0, 0.1) is 0 Å². The molecule has 6 heteroatoms. The average molecular weight is 282 g/mol. The minimum atomic E-state index is 0.0393. The Morgan fingerprint density at radius 1 is 1.42 bits per heavy atom. The van der Waals surface area contributed by atoms with Gasteiger partial charge in [0, 0.05) is 5.02 Å². The number of aromatic nitrogens is 2. The van der Waals surface area contributed by atoms with Gasteiger partial charge < -0.3 is 14.5 Å². The summed E-state index contributed by atoms with van der Waals surface area (Å²) in [6, 6.07) is 7.21. The second kappa shape index (κ2) is 6.54. The van der Waals surface area contributed by atoms with Crippen LogP contribution in [0.15, 0.2) is 28.7 Å². The van der Waals surface area contributed by atoms with Crippen molar-refractivity contribution < 1.29 is 9.15 Å². The van der Waals surface area contributed by atoms with Crippen molar-refractivity contribution in [3.8, 4) is 5.75 Å². The molecule has 0 saturated heterocycles. The zero-order valence-corrected chi connectivity index (χ0v) is 11.6. The van der Waals surface area contributed by atoms with Crippen LogP contribution in [0.25, 0.3) is 0 Å². The molecule has 1 N–H and O–H groups in total. The molecule has 0 aliphatic carbocycles. The van der Waals surface area contributed by atoms with E-state index in [-0.39, 0.29) is 12.6 Å². The summed E-state index contributed by atoms with van der Waals surface area (Å²) >= 11 is 5.87. The highest BCUT2D eigenvalue weighted by atomic mass is 35.5. The normalized spacial score (nSPS) is 12.4. The molecule has 0 fully saturated rings. The molecule has 102 valence electrons. The molecular weight excluding hydrogens is 266 g/mol. The third kappa shape index (κ3) is 3.94. The molecule has 0 radical (unpaired) electrons. The van der Waals surface area contributed by atoms with E-state index >= 15 is 0 Å². The average Bonchev–Trinajstić information content (AvgIpc) is 2.86. The summed E-state index contributed by atoms with van der Waals surface area (Å²) in [7, 11) is 0. The second-order valence-corrected chi connectivity index (χ2v) is 4.50. The molecule has 0 bridgehead atoms. The Hall–Kier alpha value is -1.59. The number of benzene rings is 1. The van der Waals surface area contributed by atoms with Gasteiger partial charge in [-0.25, -0.2) is 0 Å². The van der Waals surface area contributed by atoms with Gasteiger partial charge in [-0.15, -0.1) is 10.2 Å². The molecule has 19 heavy (non-hydrogen) atoms. The van der Waals surface area contributed by atoms with Crippen LogP contribution >= 0.6 is 11.6 Å². The largest absolute Gasteiger partial charge is 0.484 e. The highest BCUT2D eigenvalue weighted by Crippen LogP contribution is 2.18. The van der Waals surface area contributed by atoms with E-state index in [1.807, 2.05) is 26.0 Å². The molecule has 0 amide bonds. The first-order chi connectivity index (χ1) is 9.19. The molecule has 0 saturated carbocycles. The van der Waals surface area contributed by atoms with E-state index in [4.69, 9.17) is 20.8 Å². The number of rotatable bonds is 6. The van der Waals surface area contributed by atoms with Gasteiger partial charge >= 0.3 is 0 Å². The molecule has 1 aromatic carbocycles. The van der Waals surface area contributed by atoms with Gasteiger partial charge in [-0.2, -0.15) is 0 Å². The predicted molar refractivity (Wildman–Crippen MR) is 72.2 cm³/mol. The van der Waals surface area contributed by atoms with Gasteiger partial charge in [0.05, 0.1) is 6.04 Å². The lowest BCUT2D eigenvalue weighted by molar-refractivity contribution is 0.255. The summed E-state index contributed by atoms with van der Waals surface area (Å²) in [5.74, 6) is 1.68. The molecule has 0 spiro atoms. The Balaban J connectivity index is 1.93.